The first kappa shape index (κ1) is 24.0. The normalized spacial score (nSPS) is 17.8. The molecule has 0 aromatic heterocycles. The minimum atomic E-state index is -0.220. The number of thiocarbonyl (C=S) groups is 1. The van der Waals surface area contributed by atoms with E-state index in [1.165, 1.54) is 11.8 Å². The Balaban J connectivity index is 1.64. The highest BCUT2D eigenvalue weighted by Gasteiger charge is 2.42. The number of amides is 2. The second-order valence-corrected chi connectivity index (χ2v) is 10.6. The Morgan fingerprint density at radius 2 is 1.76 bits per heavy atom. The Hall–Kier alpha value is -2.16. The number of halogens is 1. The van der Waals surface area contributed by atoms with Crippen molar-refractivity contribution in [3.63, 3.8) is 0 Å². The topological polar surface area (TPSA) is 49.9 Å². The maximum atomic E-state index is 13.5. The molecule has 5 nitrogen and oxygen atoms in total. The maximum absolute atomic E-state index is 13.5. The molecular weight excluding hydrogens is 520 g/mol. The maximum Gasteiger partial charge on any atom is 0.267 e. The molecule has 0 aliphatic carbocycles. The van der Waals surface area contributed by atoms with Gasteiger partial charge in [-0.25, -0.2) is 0 Å². The van der Waals surface area contributed by atoms with Gasteiger partial charge in [0.1, 0.15) is 10.1 Å². The summed E-state index contributed by atoms with van der Waals surface area (Å²) in [5.41, 5.74) is 3.04. The Kier molecular flexibility index (Phi) is 7.56. The molecule has 33 heavy (non-hydrogen) atoms. The van der Waals surface area contributed by atoms with Crippen LogP contribution in [0.3, 0.4) is 0 Å². The van der Waals surface area contributed by atoms with Crippen LogP contribution in [0.4, 0.5) is 5.69 Å². The number of methoxy groups -OCH3 is 1. The summed E-state index contributed by atoms with van der Waals surface area (Å²) in [4.78, 5) is 30.7. The molecule has 0 spiro atoms. The molecule has 0 N–H and O–H groups in total. The molecule has 2 aliphatic rings. The van der Waals surface area contributed by atoms with Crippen LogP contribution in [0.2, 0.25) is 0 Å². The fourth-order valence-electron chi connectivity index (χ4n) is 4.04. The molecule has 2 aromatic carbocycles. The van der Waals surface area contributed by atoms with Crippen LogP contribution in [-0.2, 0) is 16.1 Å². The van der Waals surface area contributed by atoms with Crippen molar-refractivity contribution in [2.75, 3.05) is 18.6 Å². The first-order valence-electron chi connectivity index (χ1n) is 11.0. The molecule has 4 rings (SSSR count). The Labute approximate surface area is 212 Å². The van der Waals surface area contributed by atoms with E-state index in [1.54, 1.807) is 12.0 Å². The highest BCUT2D eigenvalue weighted by Crippen LogP contribution is 2.45. The third-order valence-corrected chi connectivity index (χ3v) is 7.73. The molecule has 0 atom stereocenters. The predicted octanol–water partition coefficient (Wildman–Crippen LogP) is 6.16. The monoisotopic (exact) mass is 544 g/mol. The van der Waals surface area contributed by atoms with E-state index in [2.05, 4.69) is 22.9 Å². The van der Waals surface area contributed by atoms with Gasteiger partial charge in [-0.3, -0.25) is 14.5 Å². The largest absolute Gasteiger partial charge is 0.497 e. The van der Waals surface area contributed by atoms with Crippen LogP contribution < -0.4 is 9.64 Å². The van der Waals surface area contributed by atoms with Gasteiger partial charge in [0.05, 0.1) is 29.8 Å². The molecule has 0 saturated carbocycles. The van der Waals surface area contributed by atoms with Gasteiger partial charge in [-0.15, -0.1) is 0 Å². The Morgan fingerprint density at radius 1 is 1.00 bits per heavy atom. The second-order valence-electron chi connectivity index (χ2n) is 7.99. The summed E-state index contributed by atoms with van der Waals surface area (Å²) in [6.45, 7) is 3.16. The van der Waals surface area contributed by atoms with E-state index in [0.717, 1.165) is 52.7 Å². The van der Waals surface area contributed by atoms with Crippen LogP contribution in [0.1, 0.15) is 43.7 Å². The van der Waals surface area contributed by atoms with E-state index in [1.807, 2.05) is 47.4 Å². The molecule has 2 aliphatic heterocycles. The third-order valence-electron chi connectivity index (χ3n) is 5.79. The quantitative estimate of drug-likeness (QED) is 0.226. The fraction of sp³-hybridized carbons (Fsp3) is 0.320. The Bertz CT molecular complexity index is 1130. The molecule has 1 fully saturated rings. The molecule has 2 heterocycles. The molecule has 0 unspecified atom stereocenters. The number of thioether (sulfide) groups is 1. The minimum Gasteiger partial charge on any atom is -0.497 e. The number of unbranched alkanes of at least 4 members (excludes halogenated alkanes) is 3. The number of fused-ring (bicyclic) bond motifs is 1. The lowest BCUT2D eigenvalue weighted by atomic mass is 10.1. The summed E-state index contributed by atoms with van der Waals surface area (Å²) in [6, 6.07) is 13.3. The van der Waals surface area contributed by atoms with E-state index in [4.69, 9.17) is 17.0 Å². The van der Waals surface area contributed by atoms with Crippen molar-refractivity contribution < 1.29 is 14.3 Å². The molecule has 8 heteroatoms. The van der Waals surface area contributed by atoms with E-state index in [-0.39, 0.29) is 11.8 Å². The van der Waals surface area contributed by atoms with E-state index >= 15 is 0 Å². The van der Waals surface area contributed by atoms with Crippen LogP contribution in [0.5, 0.6) is 5.75 Å². The fourth-order valence-corrected chi connectivity index (χ4v) is 5.73. The number of ether oxygens (including phenoxy) is 1. The van der Waals surface area contributed by atoms with Crippen LogP contribution in [-0.4, -0.2) is 34.7 Å². The van der Waals surface area contributed by atoms with Crippen LogP contribution in [0, 0.1) is 0 Å². The summed E-state index contributed by atoms with van der Waals surface area (Å²) in [5, 5.41) is 0. The molecule has 2 amide bonds. The zero-order chi connectivity index (χ0) is 23.5. The minimum absolute atomic E-state index is 0.121. The highest BCUT2D eigenvalue weighted by atomic mass is 79.9. The standard InChI is InChI=1S/C25H25BrN2O3S2/c1-3-4-5-6-13-27-20-12-9-17(26)14-19(20)21(23(27)29)22-24(30)28(25(32)33-22)15-16-7-10-18(31-2)11-8-16/h7-12,14H,3-6,13,15H2,1-2H3/b22-21-. The number of nitrogens with zero attached hydrogens (tertiary/aromatic N) is 2. The van der Waals surface area contributed by atoms with E-state index in [9.17, 15) is 9.59 Å². The number of hydrogen-bond acceptors (Lipinski definition) is 5. The summed E-state index contributed by atoms with van der Waals surface area (Å²) in [7, 11) is 1.62. The first-order valence-corrected chi connectivity index (χ1v) is 13.0. The molecule has 1 saturated heterocycles. The van der Waals surface area contributed by atoms with Crippen molar-refractivity contribution in [3.8, 4) is 5.75 Å². The number of anilines is 1. The van der Waals surface area contributed by atoms with Gasteiger partial charge in [-0.2, -0.15) is 0 Å². The van der Waals surface area contributed by atoms with Crippen LogP contribution in [0.25, 0.3) is 5.57 Å². The summed E-state index contributed by atoms with van der Waals surface area (Å²) >= 11 is 10.3. The molecule has 2 aromatic rings. The second kappa shape index (κ2) is 10.4. The SMILES string of the molecule is CCCCCCN1C(=O)/C(=C2\SC(=S)N(Cc3ccc(OC)cc3)C2=O)c2cc(Br)ccc21. The zero-order valence-electron chi connectivity index (χ0n) is 18.6. The van der Waals surface area contributed by atoms with Crippen molar-refractivity contribution in [2.45, 2.75) is 39.2 Å². The van der Waals surface area contributed by atoms with Crippen molar-refractivity contribution in [2.24, 2.45) is 0 Å². The summed E-state index contributed by atoms with van der Waals surface area (Å²) in [6.07, 6.45) is 4.29. The summed E-state index contributed by atoms with van der Waals surface area (Å²) in [5.74, 6) is 0.413. The van der Waals surface area contributed by atoms with E-state index in [0.29, 0.717) is 27.9 Å². The van der Waals surface area contributed by atoms with Crippen molar-refractivity contribution in [1.82, 2.24) is 4.90 Å². The average molecular weight is 546 g/mol. The van der Waals surface area contributed by atoms with Crippen LogP contribution >= 0.6 is 39.9 Å². The zero-order valence-corrected chi connectivity index (χ0v) is 21.8. The predicted molar refractivity (Wildman–Crippen MR) is 141 cm³/mol. The van der Waals surface area contributed by atoms with E-state index < -0.39 is 0 Å². The lowest BCUT2D eigenvalue weighted by Gasteiger charge is -2.17. The molecule has 0 radical (unpaired) electrons. The number of rotatable bonds is 8. The number of hydrogen-bond donors (Lipinski definition) is 0. The lowest BCUT2D eigenvalue weighted by Crippen LogP contribution is -2.29. The molecule has 172 valence electrons. The average Bonchev–Trinajstić information content (AvgIpc) is 3.23. The van der Waals surface area contributed by atoms with Crippen molar-refractivity contribution in [3.05, 3.63) is 63.0 Å². The van der Waals surface area contributed by atoms with Crippen molar-refractivity contribution in [1.29, 1.82) is 0 Å². The van der Waals surface area contributed by atoms with Gasteiger partial charge in [-0.1, -0.05) is 78.2 Å². The molecular formula is C25H25BrN2O3S2. The highest BCUT2D eigenvalue weighted by molar-refractivity contribution is 9.10. The van der Waals surface area contributed by atoms with Gasteiger partial charge in [0.25, 0.3) is 11.8 Å². The van der Waals surface area contributed by atoms with Gasteiger partial charge in [0.2, 0.25) is 0 Å². The first-order chi connectivity index (χ1) is 15.9. The lowest BCUT2D eigenvalue weighted by molar-refractivity contribution is -0.122. The van der Waals surface area contributed by atoms with Crippen LogP contribution in [0.15, 0.2) is 51.8 Å². The molecule has 0 bridgehead atoms. The van der Waals surface area contributed by atoms with Crippen molar-refractivity contribution >= 4 is 67.3 Å². The third kappa shape index (κ3) is 4.88. The number of carbonyl (C=O) groups is 2. The smallest absolute Gasteiger partial charge is 0.267 e. The van der Waals surface area contributed by atoms with Gasteiger partial charge < -0.3 is 9.64 Å². The number of benzene rings is 2. The van der Waals surface area contributed by atoms with Gasteiger partial charge in [0.15, 0.2) is 0 Å². The van der Waals surface area contributed by atoms with Gasteiger partial charge >= 0.3 is 0 Å². The van der Waals surface area contributed by atoms with Gasteiger partial charge in [-0.05, 0) is 42.3 Å². The van der Waals surface area contributed by atoms with Gasteiger partial charge in [0, 0.05) is 16.6 Å². The Morgan fingerprint density at radius 3 is 2.45 bits per heavy atom. The number of carbonyl (C=O) groups excluding carboxylic acids is 2. The summed E-state index contributed by atoms with van der Waals surface area (Å²) < 4.78 is 6.54.